The van der Waals surface area contributed by atoms with Gasteiger partial charge in [0.1, 0.15) is 11.8 Å². The van der Waals surface area contributed by atoms with Gasteiger partial charge in [-0.2, -0.15) is 0 Å². The number of anilines is 1. The van der Waals surface area contributed by atoms with Gasteiger partial charge < -0.3 is 15.0 Å². The first-order chi connectivity index (χ1) is 20.5. The second kappa shape index (κ2) is 16.3. The van der Waals surface area contributed by atoms with Crippen molar-refractivity contribution in [2.24, 2.45) is 0 Å². The van der Waals surface area contributed by atoms with E-state index in [2.05, 4.69) is 12.2 Å². The number of carbonyl (C=O) groups is 2. The van der Waals surface area contributed by atoms with Crippen LogP contribution in [0.1, 0.15) is 49.3 Å². The minimum absolute atomic E-state index is 0.0509. The molecule has 0 aliphatic heterocycles. The van der Waals surface area contributed by atoms with E-state index in [9.17, 15) is 18.0 Å². The van der Waals surface area contributed by atoms with Crippen LogP contribution in [-0.2, 0) is 32.6 Å². The lowest BCUT2D eigenvalue weighted by Crippen LogP contribution is -2.50. The van der Waals surface area contributed by atoms with E-state index >= 15 is 0 Å². The third-order valence-corrected chi connectivity index (χ3v) is 8.64. The summed E-state index contributed by atoms with van der Waals surface area (Å²) in [5, 5.41) is 3.31. The van der Waals surface area contributed by atoms with Crippen LogP contribution in [0.3, 0.4) is 0 Å². The van der Waals surface area contributed by atoms with Gasteiger partial charge in [-0.3, -0.25) is 13.9 Å². The zero-order valence-corrected chi connectivity index (χ0v) is 27.0. The maximum Gasteiger partial charge on any atom is 0.243 e. The molecule has 43 heavy (non-hydrogen) atoms. The Morgan fingerprint density at radius 1 is 0.977 bits per heavy atom. The van der Waals surface area contributed by atoms with Crippen molar-refractivity contribution in [3.8, 4) is 5.75 Å². The Bertz CT molecular complexity index is 1450. The lowest BCUT2D eigenvalue weighted by molar-refractivity contribution is -0.141. The second-order valence-corrected chi connectivity index (χ2v) is 12.9. The van der Waals surface area contributed by atoms with E-state index in [0.29, 0.717) is 24.4 Å². The number of hydrogen-bond acceptors (Lipinski definition) is 5. The Labute approximate surface area is 261 Å². The van der Waals surface area contributed by atoms with Crippen LogP contribution in [-0.4, -0.2) is 57.6 Å². The van der Waals surface area contributed by atoms with Gasteiger partial charge in [0.25, 0.3) is 0 Å². The Morgan fingerprint density at radius 3 is 2.28 bits per heavy atom. The largest absolute Gasteiger partial charge is 0.495 e. The molecule has 0 fully saturated rings. The molecule has 0 bridgehead atoms. The molecule has 232 valence electrons. The number of amides is 2. The first-order valence-corrected chi connectivity index (χ1v) is 16.7. The molecule has 1 atom stereocenters. The molecule has 0 aromatic heterocycles. The summed E-state index contributed by atoms with van der Waals surface area (Å²) in [6, 6.07) is 21.6. The van der Waals surface area contributed by atoms with E-state index in [0.717, 1.165) is 35.8 Å². The minimum Gasteiger partial charge on any atom is -0.495 e. The van der Waals surface area contributed by atoms with Crippen LogP contribution < -0.4 is 14.4 Å². The van der Waals surface area contributed by atoms with Crippen LogP contribution in [0.5, 0.6) is 5.75 Å². The van der Waals surface area contributed by atoms with Gasteiger partial charge in [-0.05, 0) is 49.1 Å². The fraction of sp³-hybridized carbons (Fsp3) is 0.394. The standard InChI is InChI=1S/C33H42ClN3O5S/c1-5-6-20-35-33(39)30(22-26-11-8-7-9-12-26)36(24-27-16-14-25(2)15-17-27)32(38)13-10-21-37(43(4,40)41)28-18-19-31(42-3)29(34)23-28/h7-9,11-12,14-19,23,30H,5-6,10,13,20-22,24H2,1-4H3,(H,35,39)/t30-/m1/s1. The Balaban J connectivity index is 1.87. The second-order valence-electron chi connectivity index (χ2n) is 10.6. The molecule has 0 aliphatic carbocycles. The molecule has 2 amide bonds. The van der Waals surface area contributed by atoms with Crippen LogP contribution in [0, 0.1) is 6.92 Å². The Kier molecular flexibility index (Phi) is 12.9. The predicted octanol–water partition coefficient (Wildman–Crippen LogP) is 5.76. The molecule has 0 radical (unpaired) electrons. The average Bonchev–Trinajstić information content (AvgIpc) is 2.98. The summed E-state index contributed by atoms with van der Waals surface area (Å²) in [7, 11) is -2.18. The molecule has 1 N–H and O–H groups in total. The number of benzene rings is 3. The van der Waals surface area contributed by atoms with Gasteiger partial charge >= 0.3 is 0 Å². The zero-order chi connectivity index (χ0) is 31.4. The van der Waals surface area contributed by atoms with Crippen LogP contribution in [0.4, 0.5) is 5.69 Å². The number of rotatable bonds is 16. The highest BCUT2D eigenvalue weighted by atomic mass is 35.5. The topological polar surface area (TPSA) is 96.0 Å². The van der Waals surface area contributed by atoms with Crippen molar-refractivity contribution in [1.82, 2.24) is 10.2 Å². The molecule has 0 saturated heterocycles. The van der Waals surface area contributed by atoms with E-state index in [1.807, 2.05) is 61.5 Å². The molecule has 0 heterocycles. The van der Waals surface area contributed by atoms with Crippen LogP contribution in [0.15, 0.2) is 72.8 Å². The van der Waals surface area contributed by atoms with Gasteiger partial charge in [-0.15, -0.1) is 0 Å². The summed E-state index contributed by atoms with van der Waals surface area (Å²) in [5.41, 5.74) is 3.33. The number of aryl methyl sites for hydroxylation is 1. The average molecular weight is 628 g/mol. The molecule has 3 aromatic rings. The normalized spacial score (nSPS) is 11.9. The number of nitrogens with one attached hydrogen (secondary N) is 1. The summed E-state index contributed by atoms with van der Waals surface area (Å²) in [4.78, 5) is 29.1. The molecule has 3 aromatic carbocycles. The molecule has 0 aliphatic rings. The van der Waals surface area contributed by atoms with Gasteiger partial charge in [0.2, 0.25) is 21.8 Å². The number of nitrogens with zero attached hydrogens (tertiary/aromatic N) is 2. The minimum atomic E-state index is -3.66. The highest BCUT2D eigenvalue weighted by Gasteiger charge is 2.30. The first kappa shape index (κ1) is 33.9. The van der Waals surface area contributed by atoms with Crippen LogP contribution >= 0.6 is 11.6 Å². The number of hydrogen-bond donors (Lipinski definition) is 1. The summed E-state index contributed by atoms with van der Waals surface area (Å²) < 4.78 is 31.8. The fourth-order valence-electron chi connectivity index (χ4n) is 4.76. The molecule has 0 spiro atoms. The van der Waals surface area contributed by atoms with Crippen molar-refractivity contribution in [3.63, 3.8) is 0 Å². The molecule has 10 heteroatoms. The third kappa shape index (κ3) is 10.3. The van der Waals surface area contributed by atoms with Gasteiger partial charge in [0, 0.05) is 32.5 Å². The van der Waals surface area contributed by atoms with Crippen molar-refractivity contribution >= 4 is 39.1 Å². The number of unbranched alkanes of at least 4 members (excludes halogenated alkanes) is 1. The highest BCUT2D eigenvalue weighted by molar-refractivity contribution is 7.92. The van der Waals surface area contributed by atoms with E-state index in [4.69, 9.17) is 16.3 Å². The highest BCUT2D eigenvalue weighted by Crippen LogP contribution is 2.30. The lowest BCUT2D eigenvalue weighted by Gasteiger charge is -2.32. The molecule has 3 rings (SSSR count). The van der Waals surface area contributed by atoms with Crippen LogP contribution in [0.25, 0.3) is 0 Å². The SMILES string of the molecule is CCCCNC(=O)[C@@H](Cc1ccccc1)N(Cc1ccc(C)cc1)C(=O)CCCN(c1ccc(OC)c(Cl)c1)S(C)(=O)=O. The monoisotopic (exact) mass is 627 g/mol. The van der Waals surface area contributed by atoms with E-state index in [1.54, 1.807) is 17.0 Å². The van der Waals surface area contributed by atoms with Gasteiger partial charge in [0.05, 0.1) is 24.1 Å². The number of halogens is 1. The molecule has 8 nitrogen and oxygen atoms in total. The van der Waals surface area contributed by atoms with E-state index in [-0.39, 0.29) is 42.8 Å². The van der Waals surface area contributed by atoms with E-state index in [1.165, 1.54) is 17.5 Å². The summed E-state index contributed by atoms with van der Waals surface area (Å²) in [6.07, 6.45) is 3.55. The summed E-state index contributed by atoms with van der Waals surface area (Å²) >= 11 is 6.27. The fourth-order valence-corrected chi connectivity index (χ4v) is 5.97. The maximum atomic E-state index is 13.9. The van der Waals surface area contributed by atoms with Crippen molar-refractivity contribution in [1.29, 1.82) is 0 Å². The number of carbonyl (C=O) groups excluding carboxylic acids is 2. The molecular weight excluding hydrogens is 586 g/mol. The first-order valence-electron chi connectivity index (χ1n) is 14.5. The molecular formula is C33H42ClN3O5S. The van der Waals surface area contributed by atoms with Gasteiger partial charge in [0.15, 0.2) is 0 Å². The smallest absolute Gasteiger partial charge is 0.243 e. The third-order valence-electron chi connectivity index (χ3n) is 7.15. The summed E-state index contributed by atoms with van der Waals surface area (Å²) in [5.74, 6) is -0.000715. The Morgan fingerprint density at radius 2 is 1.67 bits per heavy atom. The van der Waals surface area contributed by atoms with Gasteiger partial charge in [-0.1, -0.05) is 85.1 Å². The number of methoxy groups -OCH3 is 1. The molecule has 0 unspecified atom stereocenters. The van der Waals surface area contributed by atoms with E-state index < -0.39 is 16.1 Å². The Hall–Kier alpha value is -3.56. The lowest BCUT2D eigenvalue weighted by atomic mass is 10.0. The zero-order valence-electron chi connectivity index (χ0n) is 25.4. The predicted molar refractivity (Wildman–Crippen MR) is 173 cm³/mol. The number of sulfonamides is 1. The van der Waals surface area contributed by atoms with Crippen LogP contribution in [0.2, 0.25) is 5.02 Å². The summed E-state index contributed by atoms with van der Waals surface area (Å²) in [6.45, 7) is 4.90. The maximum absolute atomic E-state index is 13.9. The van der Waals surface area contributed by atoms with Gasteiger partial charge in [-0.25, -0.2) is 8.42 Å². The van der Waals surface area contributed by atoms with Crippen molar-refractivity contribution in [2.75, 3.05) is 30.8 Å². The quantitative estimate of drug-likeness (QED) is 0.204. The van der Waals surface area contributed by atoms with Crippen molar-refractivity contribution in [2.45, 2.75) is 58.5 Å². The number of ether oxygens (including phenoxy) is 1. The van der Waals surface area contributed by atoms with Crippen molar-refractivity contribution < 1.29 is 22.7 Å². The van der Waals surface area contributed by atoms with Crippen molar-refractivity contribution in [3.05, 3.63) is 94.5 Å². The molecule has 0 saturated carbocycles.